The van der Waals surface area contributed by atoms with Gasteiger partial charge in [-0.05, 0) is 33.6 Å². The van der Waals surface area contributed by atoms with E-state index in [2.05, 4.69) is 10.6 Å². The lowest BCUT2D eigenvalue weighted by Gasteiger charge is -2.32. The number of aromatic nitrogens is 2. The molecule has 0 saturated heterocycles. The summed E-state index contributed by atoms with van der Waals surface area (Å²) in [5.41, 5.74) is 3.81. The number of ether oxygens (including phenoxy) is 1. The van der Waals surface area contributed by atoms with E-state index in [1.807, 2.05) is 0 Å². The summed E-state index contributed by atoms with van der Waals surface area (Å²) in [6, 6.07) is -0.416. The zero-order valence-electron chi connectivity index (χ0n) is 17.0. The van der Waals surface area contributed by atoms with E-state index in [4.69, 9.17) is 10.5 Å². The topological polar surface area (TPSA) is 137 Å². The second-order valence-electron chi connectivity index (χ2n) is 8.10. The Kier molecular flexibility index (Phi) is 6.20. The van der Waals surface area contributed by atoms with Crippen molar-refractivity contribution in [2.24, 2.45) is 20.0 Å². The zero-order chi connectivity index (χ0) is 21.2. The van der Waals surface area contributed by atoms with E-state index in [1.54, 1.807) is 20.8 Å². The first-order chi connectivity index (χ1) is 12.9. The first-order valence-electron chi connectivity index (χ1n) is 9.28. The average Bonchev–Trinajstić information content (AvgIpc) is 2.60. The molecule has 2 rings (SSSR count). The Morgan fingerprint density at radius 3 is 2.32 bits per heavy atom. The molecule has 2 atom stereocenters. The van der Waals surface area contributed by atoms with Crippen LogP contribution in [-0.2, 0) is 23.6 Å². The molecule has 28 heavy (non-hydrogen) atoms. The van der Waals surface area contributed by atoms with Gasteiger partial charge in [0.15, 0.2) is 0 Å². The Labute approximate surface area is 163 Å². The quantitative estimate of drug-likeness (QED) is 0.688. The smallest absolute Gasteiger partial charge is 0.407 e. The van der Waals surface area contributed by atoms with E-state index >= 15 is 0 Å². The van der Waals surface area contributed by atoms with E-state index in [-0.39, 0.29) is 11.5 Å². The summed E-state index contributed by atoms with van der Waals surface area (Å²) >= 11 is 0. The third-order valence-corrected chi connectivity index (χ3v) is 4.76. The molecule has 0 aromatic carbocycles. The molecule has 0 bridgehead atoms. The van der Waals surface area contributed by atoms with Gasteiger partial charge in [0.25, 0.3) is 5.56 Å². The first kappa shape index (κ1) is 21.5. The lowest BCUT2D eigenvalue weighted by atomic mass is 9.84. The molecule has 1 aliphatic carbocycles. The first-order valence-corrected chi connectivity index (χ1v) is 9.28. The summed E-state index contributed by atoms with van der Waals surface area (Å²) in [5.74, 6) is -1.08. The largest absolute Gasteiger partial charge is 0.444 e. The van der Waals surface area contributed by atoms with Crippen molar-refractivity contribution in [3.8, 4) is 0 Å². The van der Waals surface area contributed by atoms with Gasteiger partial charge >= 0.3 is 11.8 Å². The molecule has 0 unspecified atom stereocenters. The second-order valence-corrected chi connectivity index (χ2v) is 8.10. The number of anilines is 2. The number of hydrogen-bond donors (Lipinski definition) is 3. The summed E-state index contributed by atoms with van der Waals surface area (Å²) in [6.07, 6.45) is 2.28. The predicted octanol–water partition coefficient (Wildman–Crippen LogP) is 0.688. The third kappa shape index (κ3) is 4.73. The summed E-state index contributed by atoms with van der Waals surface area (Å²) in [4.78, 5) is 49.2. The predicted molar refractivity (Wildman–Crippen MR) is 105 cm³/mol. The number of rotatable bonds is 3. The summed E-state index contributed by atoms with van der Waals surface area (Å²) in [5, 5.41) is 5.32. The third-order valence-electron chi connectivity index (χ3n) is 4.76. The van der Waals surface area contributed by atoms with Crippen molar-refractivity contribution in [3.63, 3.8) is 0 Å². The molecule has 0 radical (unpaired) electrons. The van der Waals surface area contributed by atoms with Crippen LogP contribution in [0, 0.1) is 5.92 Å². The number of nitrogens with two attached hydrogens (primary N) is 1. The minimum atomic E-state index is -0.679. The van der Waals surface area contributed by atoms with Crippen molar-refractivity contribution in [3.05, 3.63) is 20.8 Å². The molecule has 0 spiro atoms. The van der Waals surface area contributed by atoms with Crippen molar-refractivity contribution in [2.45, 2.75) is 58.1 Å². The van der Waals surface area contributed by atoms with E-state index in [0.717, 1.165) is 22.0 Å². The Bertz CT molecular complexity index is 880. The molecule has 1 heterocycles. The Balaban J connectivity index is 2.21. The maximum absolute atomic E-state index is 12.9. The number of carbonyl (C=O) groups excluding carboxylic acids is 2. The Hall–Kier alpha value is -2.78. The maximum Gasteiger partial charge on any atom is 0.407 e. The van der Waals surface area contributed by atoms with Gasteiger partial charge in [-0.3, -0.25) is 18.7 Å². The molecule has 1 aliphatic rings. The number of nitrogen functional groups attached to an aromatic ring is 1. The number of hydrogen-bond acceptors (Lipinski definition) is 6. The van der Waals surface area contributed by atoms with E-state index in [1.165, 1.54) is 14.1 Å². The minimum absolute atomic E-state index is 0.117. The molecular weight excluding hydrogens is 366 g/mol. The molecule has 156 valence electrons. The van der Waals surface area contributed by atoms with Crippen molar-refractivity contribution >= 4 is 23.5 Å². The van der Waals surface area contributed by atoms with Crippen molar-refractivity contribution in [1.29, 1.82) is 0 Å². The molecule has 10 nitrogen and oxygen atoms in total. The molecule has 1 saturated carbocycles. The second kappa shape index (κ2) is 8.07. The lowest BCUT2D eigenvalue weighted by molar-refractivity contribution is -0.121. The van der Waals surface area contributed by atoms with Gasteiger partial charge in [-0.15, -0.1) is 0 Å². The summed E-state index contributed by atoms with van der Waals surface area (Å²) in [7, 11) is 2.73. The van der Waals surface area contributed by atoms with Crippen molar-refractivity contribution in [2.75, 3.05) is 11.1 Å². The lowest BCUT2D eigenvalue weighted by Crippen LogP contribution is -2.49. The molecule has 1 aromatic rings. The highest BCUT2D eigenvalue weighted by molar-refractivity contribution is 5.95. The van der Waals surface area contributed by atoms with Crippen LogP contribution >= 0.6 is 0 Å². The number of nitrogens with zero attached hydrogens (tertiary/aromatic N) is 2. The number of amides is 2. The minimum Gasteiger partial charge on any atom is -0.444 e. The number of alkyl carbamates (subject to hydrolysis) is 1. The van der Waals surface area contributed by atoms with E-state index in [0.29, 0.717) is 12.8 Å². The van der Waals surface area contributed by atoms with Crippen LogP contribution < -0.4 is 27.6 Å². The standard InChI is InChI=1S/C18H29N5O5/c1-18(2,3)28-16(26)20-11-9-7-6-8-10(11)14(24)21-12-13(19)22(4)17(27)23(5)15(12)25/h10-11H,6-9,19H2,1-5H3,(H,20,26)(H,21,24)/t10-,11-/m0/s1. The number of carbonyl (C=O) groups is 2. The number of nitrogens with one attached hydrogen (secondary N) is 2. The van der Waals surface area contributed by atoms with Crippen LogP contribution in [0.25, 0.3) is 0 Å². The van der Waals surface area contributed by atoms with Crippen LogP contribution in [0.4, 0.5) is 16.3 Å². The van der Waals surface area contributed by atoms with Gasteiger partial charge in [0.1, 0.15) is 17.1 Å². The summed E-state index contributed by atoms with van der Waals surface area (Å²) < 4.78 is 7.25. The van der Waals surface area contributed by atoms with Gasteiger partial charge in [0, 0.05) is 20.1 Å². The van der Waals surface area contributed by atoms with Crippen LogP contribution in [0.2, 0.25) is 0 Å². The molecule has 10 heteroatoms. The maximum atomic E-state index is 12.9. The Morgan fingerprint density at radius 2 is 1.71 bits per heavy atom. The molecule has 1 aromatic heterocycles. The summed E-state index contributed by atoms with van der Waals surface area (Å²) in [6.45, 7) is 5.28. The van der Waals surface area contributed by atoms with Crippen LogP contribution in [0.5, 0.6) is 0 Å². The van der Waals surface area contributed by atoms with Gasteiger partial charge in [-0.2, -0.15) is 0 Å². The van der Waals surface area contributed by atoms with Gasteiger partial charge < -0.3 is 21.1 Å². The fourth-order valence-corrected chi connectivity index (χ4v) is 3.27. The fourth-order valence-electron chi connectivity index (χ4n) is 3.27. The molecule has 4 N–H and O–H groups in total. The van der Waals surface area contributed by atoms with Crippen molar-refractivity contribution < 1.29 is 14.3 Å². The van der Waals surface area contributed by atoms with Gasteiger partial charge in [-0.1, -0.05) is 12.8 Å². The fraction of sp³-hybridized carbons (Fsp3) is 0.667. The van der Waals surface area contributed by atoms with Crippen LogP contribution in [0.15, 0.2) is 9.59 Å². The molecule has 2 amide bonds. The van der Waals surface area contributed by atoms with Crippen LogP contribution in [-0.4, -0.2) is 32.8 Å². The average molecular weight is 395 g/mol. The highest BCUT2D eigenvalue weighted by atomic mass is 16.6. The highest BCUT2D eigenvalue weighted by Crippen LogP contribution is 2.26. The molecule has 0 aliphatic heterocycles. The van der Waals surface area contributed by atoms with E-state index in [9.17, 15) is 19.2 Å². The normalized spacial score (nSPS) is 19.8. The Morgan fingerprint density at radius 1 is 1.11 bits per heavy atom. The van der Waals surface area contributed by atoms with Crippen LogP contribution in [0.3, 0.4) is 0 Å². The highest BCUT2D eigenvalue weighted by Gasteiger charge is 2.34. The SMILES string of the molecule is Cn1c(N)c(NC(=O)[C@H]2CCCC[C@@H]2NC(=O)OC(C)(C)C)c(=O)n(C)c1=O. The van der Waals surface area contributed by atoms with E-state index < -0.39 is 40.8 Å². The zero-order valence-corrected chi connectivity index (χ0v) is 17.0. The van der Waals surface area contributed by atoms with Crippen LogP contribution in [0.1, 0.15) is 46.5 Å². The van der Waals surface area contributed by atoms with Gasteiger partial charge in [0.05, 0.1) is 5.92 Å². The van der Waals surface area contributed by atoms with Gasteiger partial charge in [0.2, 0.25) is 5.91 Å². The monoisotopic (exact) mass is 395 g/mol. The van der Waals surface area contributed by atoms with Gasteiger partial charge in [-0.25, -0.2) is 9.59 Å². The molecule has 1 fully saturated rings. The van der Waals surface area contributed by atoms with Crippen molar-refractivity contribution in [1.82, 2.24) is 14.5 Å². The molecular formula is C18H29N5O5.